The van der Waals surface area contributed by atoms with E-state index in [1.54, 1.807) is 7.11 Å². The quantitative estimate of drug-likeness (QED) is 0.617. The summed E-state index contributed by atoms with van der Waals surface area (Å²) in [6, 6.07) is 7.85. The van der Waals surface area contributed by atoms with Gasteiger partial charge in [-0.3, -0.25) is 4.79 Å². The summed E-state index contributed by atoms with van der Waals surface area (Å²) in [6.45, 7) is 1.28. The molecule has 27 heavy (non-hydrogen) atoms. The first-order chi connectivity index (χ1) is 13.1. The molecule has 2 aromatic rings. The second-order valence-electron chi connectivity index (χ2n) is 6.01. The molecule has 1 fully saturated rings. The van der Waals surface area contributed by atoms with E-state index in [1.165, 1.54) is 28.5 Å². The third-order valence-electron chi connectivity index (χ3n) is 4.35. The number of carboxylic acids is 1. The van der Waals surface area contributed by atoms with E-state index in [2.05, 4.69) is 10.3 Å². The Kier molecular flexibility index (Phi) is 6.57. The monoisotopic (exact) mass is 407 g/mol. The van der Waals surface area contributed by atoms with E-state index in [-0.39, 0.29) is 17.6 Å². The van der Waals surface area contributed by atoms with Crippen LogP contribution in [0.4, 0.5) is 5.69 Å². The topological polar surface area (TPSA) is 91.8 Å². The lowest BCUT2D eigenvalue weighted by Gasteiger charge is -2.25. The molecule has 2 N–H and O–H groups in total. The summed E-state index contributed by atoms with van der Waals surface area (Å²) in [5, 5.41) is 13.8. The van der Waals surface area contributed by atoms with Crippen LogP contribution in [0.15, 0.2) is 34.0 Å². The van der Waals surface area contributed by atoms with Crippen molar-refractivity contribution in [2.24, 2.45) is 0 Å². The van der Waals surface area contributed by atoms with E-state index < -0.39 is 5.97 Å². The zero-order valence-electron chi connectivity index (χ0n) is 14.9. The standard InChI is InChI=1S/C18H21N3O4S2/c1-25-15-5-3-2-4-13(15)19-10-12-6-7-16(22)21(12)8-9-26-18-20-14(11-27-18)17(23)24/h2-5,11-12,19H,6-10H2,1H3,(H,23,24)/t12-/m1/s1. The van der Waals surface area contributed by atoms with Crippen LogP contribution in [-0.2, 0) is 4.79 Å². The first-order valence-electron chi connectivity index (χ1n) is 8.56. The Morgan fingerprint density at radius 3 is 3.04 bits per heavy atom. The second-order valence-corrected chi connectivity index (χ2v) is 8.21. The minimum absolute atomic E-state index is 0.0682. The number of thiazole rings is 1. The molecule has 1 saturated heterocycles. The molecule has 9 heteroatoms. The average Bonchev–Trinajstić information content (AvgIpc) is 3.28. The summed E-state index contributed by atoms with van der Waals surface area (Å²) < 4.78 is 6.06. The average molecular weight is 408 g/mol. The summed E-state index contributed by atoms with van der Waals surface area (Å²) in [5.41, 5.74) is 0.983. The SMILES string of the molecule is COc1ccccc1NC[C@H]1CCC(=O)N1CCSc1nc(C(=O)O)cs1. The van der Waals surface area contributed by atoms with Gasteiger partial charge in [0.05, 0.1) is 12.8 Å². The molecule has 0 bridgehead atoms. The Morgan fingerprint density at radius 2 is 2.30 bits per heavy atom. The van der Waals surface area contributed by atoms with Gasteiger partial charge in [0, 0.05) is 36.7 Å². The van der Waals surface area contributed by atoms with Gasteiger partial charge in [-0.25, -0.2) is 9.78 Å². The number of ether oxygens (including phenoxy) is 1. The van der Waals surface area contributed by atoms with E-state index in [0.29, 0.717) is 29.6 Å². The number of para-hydroxylation sites is 2. The van der Waals surface area contributed by atoms with Gasteiger partial charge in [0.2, 0.25) is 5.91 Å². The number of thioether (sulfide) groups is 1. The van der Waals surface area contributed by atoms with E-state index in [1.807, 2.05) is 29.2 Å². The van der Waals surface area contributed by atoms with Crippen LogP contribution in [0.2, 0.25) is 0 Å². The molecule has 0 unspecified atom stereocenters. The van der Waals surface area contributed by atoms with Gasteiger partial charge in [0.15, 0.2) is 10.0 Å². The molecule has 1 aromatic heterocycles. The molecular weight excluding hydrogens is 386 g/mol. The summed E-state index contributed by atoms with van der Waals surface area (Å²) in [6.07, 6.45) is 1.38. The molecule has 1 atom stereocenters. The summed E-state index contributed by atoms with van der Waals surface area (Å²) in [4.78, 5) is 29.1. The number of aromatic carboxylic acids is 1. The maximum absolute atomic E-state index is 12.2. The smallest absolute Gasteiger partial charge is 0.355 e. The molecular formula is C18H21N3O4S2. The van der Waals surface area contributed by atoms with Crippen LogP contribution >= 0.6 is 23.1 Å². The van der Waals surface area contributed by atoms with E-state index >= 15 is 0 Å². The van der Waals surface area contributed by atoms with Crippen LogP contribution in [0.1, 0.15) is 23.3 Å². The van der Waals surface area contributed by atoms with Gasteiger partial charge in [-0.1, -0.05) is 23.9 Å². The predicted molar refractivity (Wildman–Crippen MR) is 106 cm³/mol. The minimum Gasteiger partial charge on any atom is -0.495 e. The van der Waals surface area contributed by atoms with Crippen molar-refractivity contribution in [1.29, 1.82) is 0 Å². The third-order valence-corrected chi connectivity index (χ3v) is 6.35. The van der Waals surface area contributed by atoms with Crippen LogP contribution in [0.25, 0.3) is 0 Å². The van der Waals surface area contributed by atoms with Crippen LogP contribution < -0.4 is 10.1 Å². The van der Waals surface area contributed by atoms with Crippen LogP contribution in [-0.4, -0.2) is 58.9 Å². The molecule has 2 heterocycles. The number of anilines is 1. The lowest BCUT2D eigenvalue weighted by atomic mass is 10.2. The Labute approximate surface area is 165 Å². The number of amides is 1. The van der Waals surface area contributed by atoms with Crippen molar-refractivity contribution in [3.63, 3.8) is 0 Å². The van der Waals surface area contributed by atoms with Crippen LogP contribution in [0.5, 0.6) is 5.75 Å². The van der Waals surface area contributed by atoms with E-state index in [9.17, 15) is 9.59 Å². The fourth-order valence-electron chi connectivity index (χ4n) is 2.98. The number of methoxy groups -OCH3 is 1. The summed E-state index contributed by atoms with van der Waals surface area (Å²) in [7, 11) is 1.64. The van der Waals surface area contributed by atoms with Gasteiger partial charge in [-0.05, 0) is 18.6 Å². The minimum atomic E-state index is -1.02. The fourth-order valence-corrected chi connectivity index (χ4v) is 4.79. The van der Waals surface area contributed by atoms with E-state index in [4.69, 9.17) is 9.84 Å². The Bertz CT molecular complexity index is 811. The second kappa shape index (κ2) is 9.09. The predicted octanol–water partition coefficient (Wildman–Crippen LogP) is 3.05. The highest BCUT2D eigenvalue weighted by atomic mass is 32.2. The highest BCUT2D eigenvalue weighted by molar-refractivity contribution is 8.01. The van der Waals surface area contributed by atoms with Gasteiger partial charge in [-0.15, -0.1) is 11.3 Å². The normalized spacial score (nSPS) is 16.6. The molecule has 3 rings (SSSR count). The highest BCUT2D eigenvalue weighted by Crippen LogP contribution is 2.27. The van der Waals surface area contributed by atoms with E-state index in [0.717, 1.165) is 17.9 Å². The summed E-state index contributed by atoms with van der Waals surface area (Å²) in [5.74, 6) is 0.605. The molecule has 0 radical (unpaired) electrons. The van der Waals surface area contributed by atoms with Crippen LogP contribution in [0.3, 0.4) is 0 Å². The summed E-state index contributed by atoms with van der Waals surface area (Å²) >= 11 is 2.79. The number of hydrogen-bond acceptors (Lipinski definition) is 7. The van der Waals surface area contributed by atoms with Gasteiger partial charge in [0.25, 0.3) is 0 Å². The number of likely N-dealkylation sites (tertiary alicyclic amines) is 1. The van der Waals surface area contributed by atoms with Crippen molar-refractivity contribution < 1.29 is 19.4 Å². The first-order valence-corrected chi connectivity index (χ1v) is 10.4. The lowest BCUT2D eigenvalue weighted by Crippen LogP contribution is -2.39. The van der Waals surface area contributed by atoms with Crippen molar-refractivity contribution in [2.45, 2.75) is 23.2 Å². The number of hydrogen-bond donors (Lipinski definition) is 2. The van der Waals surface area contributed by atoms with Crippen molar-refractivity contribution in [3.05, 3.63) is 35.3 Å². The number of carbonyl (C=O) groups is 2. The maximum atomic E-state index is 12.2. The largest absolute Gasteiger partial charge is 0.495 e. The zero-order valence-corrected chi connectivity index (χ0v) is 16.5. The Balaban J connectivity index is 1.52. The lowest BCUT2D eigenvalue weighted by molar-refractivity contribution is -0.128. The van der Waals surface area contributed by atoms with Crippen molar-refractivity contribution >= 4 is 40.7 Å². The molecule has 7 nitrogen and oxygen atoms in total. The van der Waals surface area contributed by atoms with Crippen molar-refractivity contribution in [1.82, 2.24) is 9.88 Å². The third kappa shape index (κ3) is 4.92. The number of rotatable bonds is 9. The zero-order chi connectivity index (χ0) is 19.2. The molecule has 0 aliphatic carbocycles. The Morgan fingerprint density at radius 1 is 1.48 bits per heavy atom. The molecule has 0 saturated carbocycles. The number of nitrogens with one attached hydrogen (secondary N) is 1. The number of aromatic nitrogens is 1. The maximum Gasteiger partial charge on any atom is 0.355 e. The molecule has 1 aromatic carbocycles. The van der Waals surface area contributed by atoms with Gasteiger partial charge < -0.3 is 20.1 Å². The molecule has 1 aliphatic heterocycles. The van der Waals surface area contributed by atoms with Gasteiger partial charge >= 0.3 is 5.97 Å². The molecule has 1 amide bonds. The fraction of sp³-hybridized carbons (Fsp3) is 0.389. The van der Waals surface area contributed by atoms with Gasteiger partial charge in [0.1, 0.15) is 5.75 Å². The van der Waals surface area contributed by atoms with Crippen LogP contribution in [0, 0.1) is 0 Å². The molecule has 144 valence electrons. The number of carbonyl (C=O) groups excluding carboxylic acids is 1. The number of carboxylic acid groups (broad SMARTS) is 1. The van der Waals surface area contributed by atoms with Crippen molar-refractivity contribution in [2.75, 3.05) is 31.3 Å². The molecule has 0 spiro atoms. The van der Waals surface area contributed by atoms with Gasteiger partial charge in [-0.2, -0.15) is 0 Å². The number of benzene rings is 1. The first kappa shape index (κ1) is 19.5. The Hall–Kier alpha value is -2.26. The number of nitrogens with zero attached hydrogens (tertiary/aromatic N) is 2. The molecule has 1 aliphatic rings. The van der Waals surface area contributed by atoms with Crippen molar-refractivity contribution in [3.8, 4) is 5.75 Å². The highest BCUT2D eigenvalue weighted by Gasteiger charge is 2.30.